The zero-order chi connectivity index (χ0) is 18.2. The summed E-state index contributed by atoms with van der Waals surface area (Å²) in [6.45, 7) is -0.380. The van der Waals surface area contributed by atoms with Crippen LogP contribution in [-0.4, -0.2) is 30.5 Å². The van der Waals surface area contributed by atoms with Crippen LogP contribution in [0.5, 0.6) is 0 Å². The highest BCUT2D eigenvalue weighted by Gasteiger charge is 2.12. The van der Waals surface area contributed by atoms with Crippen molar-refractivity contribution in [3.63, 3.8) is 0 Å². The van der Waals surface area contributed by atoms with Crippen molar-refractivity contribution < 1.29 is 19.2 Å². The number of non-ortho nitro benzene ring substituents is 1. The molecule has 0 heterocycles. The second-order valence-corrected chi connectivity index (χ2v) is 5.08. The molecule has 7 heteroatoms. The van der Waals surface area contributed by atoms with Crippen molar-refractivity contribution in [1.82, 2.24) is 0 Å². The summed E-state index contributed by atoms with van der Waals surface area (Å²) >= 11 is 0. The SMILES string of the molecule is CN(C(=O)COC(=O)/C=C/c1ccc([N+](=O)[O-])cc1)c1ccccc1. The molecule has 7 nitrogen and oxygen atoms in total. The van der Waals surface area contributed by atoms with Crippen molar-refractivity contribution >= 4 is 29.3 Å². The molecule has 0 aliphatic heterocycles. The van der Waals surface area contributed by atoms with Crippen LogP contribution in [0.4, 0.5) is 11.4 Å². The van der Waals surface area contributed by atoms with Gasteiger partial charge in [0.05, 0.1) is 4.92 Å². The van der Waals surface area contributed by atoms with Gasteiger partial charge in [0.25, 0.3) is 11.6 Å². The van der Waals surface area contributed by atoms with E-state index in [2.05, 4.69) is 0 Å². The summed E-state index contributed by atoms with van der Waals surface area (Å²) in [6.07, 6.45) is 2.62. The predicted octanol–water partition coefficient (Wildman–Crippen LogP) is 2.81. The molecule has 2 aromatic carbocycles. The summed E-state index contributed by atoms with van der Waals surface area (Å²) in [5.41, 5.74) is 1.27. The number of benzene rings is 2. The Bertz CT molecular complexity index is 785. The molecule has 0 aromatic heterocycles. The number of nitro groups is 1. The normalized spacial score (nSPS) is 10.4. The number of likely N-dealkylation sites (N-methyl/N-ethyl adjacent to an activating group) is 1. The lowest BCUT2D eigenvalue weighted by atomic mass is 10.2. The zero-order valence-corrected chi connectivity index (χ0v) is 13.5. The third-order valence-electron chi connectivity index (χ3n) is 3.37. The summed E-state index contributed by atoms with van der Waals surface area (Å²) in [7, 11) is 1.60. The highest BCUT2D eigenvalue weighted by molar-refractivity contribution is 5.96. The van der Waals surface area contributed by atoms with Gasteiger partial charge in [-0.3, -0.25) is 14.9 Å². The number of carbonyl (C=O) groups is 2. The van der Waals surface area contributed by atoms with Gasteiger partial charge in [-0.25, -0.2) is 4.79 Å². The number of rotatable bonds is 6. The highest BCUT2D eigenvalue weighted by atomic mass is 16.6. The first-order valence-corrected chi connectivity index (χ1v) is 7.38. The number of ether oxygens (including phenoxy) is 1. The van der Waals surface area contributed by atoms with Crippen LogP contribution in [0, 0.1) is 10.1 Å². The lowest BCUT2D eigenvalue weighted by Gasteiger charge is -2.16. The van der Waals surface area contributed by atoms with Crippen LogP contribution in [0.1, 0.15) is 5.56 Å². The molecular formula is C18H16N2O5. The van der Waals surface area contributed by atoms with Crippen LogP contribution >= 0.6 is 0 Å². The molecule has 0 N–H and O–H groups in total. The van der Waals surface area contributed by atoms with E-state index in [0.29, 0.717) is 11.3 Å². The summed E-state index contributed by atoms with van der Waals surface area (Å²) in [5, 5.41) is 10.6. The van der Waals surface area contributed by atoms with Gasteiger partial charge in [-0.15, -0.1) is 0 Å². The topological polar surface area (TPSA) is 89.8 Å². The lowest BCUT2D eigenvalue weighted by molar-refractivity contribution is -0.384. The minimum atomic E-state index is -0.673. The quantitative estimate of drug-likeness (QED) is 0.349. The Morgan fingerprint density at radius 3 is 2.36 bits per heavy atom. The molecule has 2 rings (SSSR count). The molecule has 0 fully saturated rings. The second-order valence-electron chi connectivity index (χ2n) is 5.08. The van der Waals surface area contributed by atoms with Gasteiger partial charge < -0.3 is 9.64 Å². The Kier molecular flexibility index (Phi) is 6.00. The molecule has 0 spiro atoms. The van der Waals surface area contributed by atoms with Crippen LogP contribution in [0.3, 0.4) is 0 Å². The second kappa shape index (κ2) is 8.39. The first kappa shape index (κ1) is 17.9. The first-order valence-electron chi connectivity index (χ1n) is 7.38. The van der Waals surface area contributed by atoms with Gasteiger partial charge in [0.1, 0.15) is 0 Å². The van der Waals surface area contributed by atoms with Gasteiger partial charge >= 0.3 is 5.97 Å². The molecule has 128 valence electrons. The van der Waals surface area contributed by atoms with E-state index in [-0.39, 0.29) is 18.2 Å². The minimum absolute atomic E-state index is 0.0331. The third kappa shape index (κ3) is 5.28. The maximum atomic E-state index is 12.0. The largest absolute Gasteiger partial charge is 0.452 e. The Hall–Kier alpha value is -3.48. The van der Waals surface area contributed by atoms with Crippen LogP contribution in [-0.2, 0) is 14.3 Å². The van der Waals surface area contributed by atoms with Crippen LogP contribution in [0.2, 0.25) is 0 Å². The first-order chi connectivity index (χ1) is 12.0. The number of hydrogen-bond acceptors (Lipinski definition) is 5. The number of anilines is 1. The maximum absolute atomic E-state index is 12.0. The fraction of sp³-hybridized carbons (Fsp3) is 0.111. The van der Waals surface area contributed by atoms with Gasteiger partial charge in [0.2, 0.25) is 0 Å². The molecule has 0 saturated carbocycles. The number of nitrogens with zero attached hydrogens (tertiary/aromatic N) is 2. The molecule has 1 amide bonds. The standard InChI is InChI=1S/C18H16N2O5/c1-19(15-5-3-2-4-6-15)17(21)13-25-18(22)12-9-14-7-10-16(11-8-14)20(23)24/h2-12H,13H2,1H3/b12-9+. The minimum Gasteiger partial charge on any atom is -0.452 e. The Morgan fingerprint density at radius 2 is 1.76 bits per heavy atom. The number of esters is 1. The van der Waals surface area contributed by atoms with E-state index < -0.39 is 10.9 Å². The monoisotopic (exact) mass is 340 g/mol. The van der Waals surface area contributed by atoms with Crippen molar-refractivity contribution in [3.05, 3.63) is 76.4 Å². The maximum Gasteiger partial charge on any atom is 0.331 e. The molecule has 0 atom stereocenters. The van der Waals surface area contributed by atoms with Gasteiger partial charge in [0.15, 0.2) is 6.61 Å². The van der Waals surface area contributed by atoms with E-state index in [4.69, 9.17) is 4.74 Å². The lowest BCUT2D eigenvalue weighted by Crippen LogP contribution is -2.30. The Morgan fingerprint density at radius 1 is 1.12 bits per heavy atom. The van der Waals surface area contributed by atoms with Crippen molar-refractivity contribution in [1.29, 1.82) is 0 Å². The van der Waals surface area contributed by atoms with Crippen molar-refractivity contribution in [3.8, 4) is 0 Å². The molecule has 2 aromatic rings. The van der Waals surface area contributed by atoms with E-state index in [1.165, 1.54) is 35.2 Å². The predicted molar refractivity (Wildman–Crippen MR) is 92.9 cm³/mol. The molecule has 0 bridgehead atoms. The molecule has 0 aliphatic rings. The van der Waals surface area contributed by atoms with Gasteiger partial charge in [0, 0.05) is 30.9 Å². The molecule has 25 heavy (non-hydrogen) atoms. The van der Waals surface area contributed by atoms with E-state index in [0.717, 1.165) is 6.08 Å². The zero-order valence-electron chi connectivity index (χ0n) is 13.5. The van der Waals surface area contributed by atoms with Gasteiger partial charge in [-0.2, -0.15) is 0 Å². The van der Waals surface area contributed by atoms with Gasteiger partial charge in [-0.05, 0) is 35.9 Å². The van der Waals surface area contributed by atoms with Crippen LogP contribution in [0.25, 0.3) is 6.08 Å². The molecule has 0 aliphatic carbocycles. The molecule has 0 unspecified atom stereocenters. The number of nitro benzene ring substituents is 1. The van der Waals surface area contributed by atoms with Crippen LogP contribution < -0.4 is 4.90 Å². The summed E-state index contributed by atoms with van der Waals surface area (Å²) in [5.74, 6) is -1.03. The molecular weight excluding hydrogens is 324 g/mol. The number of para-hydroxylation sites is 1. The average Bonchev–Trinajstić information content (AvgIpc) is 2.64. The van der Waals surface area contributed by atoms with Crippen molar-refractivity contribution in [2.24, 2.45) is 0 Å². The molecule has 0 radical (unpaired) electrons. The van der Waals surface area contributed by atoms with E-state index >= 15 is 0 Å². The van der Waals surface area contributed by atoms with Crippen molar-refractivity contribution in [2.45, 2.75) is 0 Å². The Balaban J connectivity index is 1.85. The van der Waals surface area contributed by atoms with E-state index in [1.807, 2.05) is 6.07 Å². The van der Waals surface area contributed by atoms with Crippen molar-refractivity contribution in [2.75, 3.05) is 18.6 Å². The number of amides is 1. The van der Waals surface area contributed by atoms with Crippen LogP contribution in [0.15, 0.2) is 60.7 Å². The van der Waals surface area contributed by atoms with Gasteiger partial charge in [-0.1, -0.05) is 18.2 Å². The Labute approximate surface area is 144 Å². The molecule has 0 saturated heterocycles. The smallest absolute Gasteiger partial charge is 0.331 e. The van der Waals surface area contributed by atoms with E-state index in [1.54, 1.807) is 31.3 Å². The third-order valence-corrected chi connectivity index (χ3v) is 3.37. The number of hydrogen-bond donors (Lipinski definition) is 0. The summed E-state index contributed by atoms with van der Waals surface area (Å²) < 4.78 is 4.90. The average molecular weight is 340 g/mol. The highest BCUT2D eigenvalue weighted by Crippen LogP contribution is 2.13. The fourth-order valence-corrected chi connectivity index (χ4v) is 1.94. The summed E-state index contributed by atoms with van der Waals surface area (Å²) in [6, 6.07) is 14.7. The fourth-order valence-electron chi connectivity index (χ4n) is 1.94. The number of carbonyl (C=O) groups excluding carboxylic acids is 2. The van der Waals surface area contributed by atoms with E-state index in [9.17, 15) is 19.7 Å². The summed E-state index contributed by atoms with van der Waals surface area (Å²) in [4.78, 5) is 35.1.